The monoisotopic (exact) mass is 521 g/mol. The van der Waals surface area contributed by atoms with E-state index < -0.39 is 0 Å². The van der Waals surface area contributed by atoms with Crippen molar-refractivity contribution >= 4 is 41.5 Å². The highest BCUT2D eigenvalue weighted by Crippen LogP contribution is 2.05. The first-order chi connectivity index (χ1) is 14.2. The van der Waals surface area contributed by atoms with Crippen LogP contribution in [-0.2, 0) is 17.9 Å². The Balaban J connectivity index is 0.00000320. The normalized spacial score (nSPS) is 11.1. The van der Waals surface area contributed by atoms with Crippen molar-refractivity contribution in [3.63, 3.8) is 0 Å². The number of fused-ring (bicyclic) bond motifs is 1. The first-order valence-corrected chi connectivity index (χ1v) is 9.83. The fraction of sp³-hybridized carbons (Fsp3) is 0.333. The number of halogens is 1. The van der Waals surface area contributed by atoms with E-state index in [9.17, 15) is 4.79 Å². The first-order valence-electron chi connectivity index (χ1n) is 9.83. The molecule has 1 aromatic carbocycles. The lowest BCUT2D eigenvalue weighted by molar-refractivity contribution is -0.130. The van der Waals surface area contributed by atoms with Gasteiger partial charge in [0.25, 0.3) is 0 Å². The molecule has 160 valence electrons. The van der Waals surface area contributed by atoms with Crippen molar-refractivity contribution in [1.82, 2.24) is 30.1 Å². The molecule has 30 heavy (non-hydrogen) atoms. The van der Waals surface area contributed by atoms with Gasteiger partial charge in [0.2, 0.25) is 5.91 Å². The van der Waals surface area contributed by atoms with E-state index in [0.717, 1.165) is 17.0 Å². The van der Waals surface area contributed by atoms with Crippen LogP contribution in [0.15, 0.2) is 59.7 Å². The Bertz CT molecular complexity index is 958. The van der Waals surface area contributed by atoms with Crippen LogP contribution in [0.25, 0.3) is 5.65 Å². The maximum atomic E-state index is 12.6. The molecule has 3 aromatic rings. The van der Waals surface area contributed by atoms with E-state index in [1.54, 1.807) is 0 Å². The fourth-order valence-corrected chi connectivity index (χ4v) is 2.94. The Morgan fingerprint density at radius 3 is 2.57 bits per heavy atom. The van der Waals surface area contributed by atoms with Crippen LogP contribution in [0.4, 0.5) is 0 Å². The van der Waals surface area contributed by atoms with Crippen molar-refractivity contribution < 1.29 is 4.79 Å². The Morgan fingerprint density at radius 2 is 1.83 bits per heavy atom. The second kappa shape index (κ2) is 12.1. The summed E-state index contributed by atoms with van der Waals surface area (Å²) >= 11 is 0. The molecule has 0 saturated heterocycles. The largest absolute Gasteiger partial charge is 0.357 e. The number of nitrogens with one attached hydrogen (secondary N) is 2. The van der Waals surface area contributed by atoms with Gasteiger partial charge in [0, 0.05) is 25.8 Å². The van der Waals surface area contributed by atoms with Crippen LogP contribution in [0, 0.1) is 0 Å². The molecule has 0 fully saturated rings. The van der Waals surface area contributed by atoms with Gasteiger partial charge < -0.3 is 15.5 Å². The van der Waals surface area contributed by atoms with Gasteiger partial charge in [-0.3, -0.25) is 9.20 Å². The van der Waals surface area contributed by atoms with Crippen LogP contribution in [0.1, 0.15) is 25.2 Å². The quantitative estimate of drug-likeness (QED) is 0.270. The molecule has 0 bridgehead atoms. The van der Waals surface area contributed by atoms with Crippen molar-refractivity contribution in [2.45, 2.75) is 26.9 Å². The van der Waals surface area contributed by atoms with Gasteiger partial charge in [0.15, 0.2) is 17.4 Å². The number of hydrogen-bond acceptors (Lipinski definition) is 4. The predicted octanol–water partition coefficient (Wildman–Crippen LogP) is 2.45. The number of hydrogen-bond donors (Lipinski definition) is 2. The van der Waals surface area contributed by atoms with Gasteiger partial charge in [-0.2, -0.15) is 0 Å². The minimum atomic E-state index is 0. The molecule has 1 amide bonds. The van der Waals surface area contributed by atoms with Crippen molar-refractivity contribution in [3.8, 4) is 0 Å². The average Bonchev–Trinajstić information content (AvgIpc) is 3.17. The highest BCUT2D eigenvalue weighted by Gasteiger charge is 2.13. The number of nitrogens with zero attached hydrogens (tertiary/aromatic N) is 5. The summed E-state index contributed by atoms with van der Waals surface area (Å²) in [6, 6.07) is 15.7. The lowest BCUT2D eigenvalue weighted by Crippen LogP contribution is -2.44. The van der Waals surface area contributed by atoms with Crippen LogP contribution in [0.5, 0.6) is 0 Å². The molecule has 2 N–H and O–H groups in total. The van der Waals surface area contributed by atoms with E-state index in [-0.39, 0.29) is 36.4 Å². The maximum absolute atomic E-state index is 12.6. The molecule has 0 spiro atoms. The number of pyridine rings is 1. The van der Waals surface area contributed by atoms with E-state index in [0.29, 0.717) is 32.1 Å². The van der Waals surface area contributed by atoms with Gasteiger partial charge in [-0.25, -0.2) is 4.99 Å². The average molecular weight is 521 g/mol. The number of guanidine groups is 1. The number of likely N-dealkylation sites (N-methyl/N-ethyl adjacent to an activating group) is 1. The van der Waals surface area contributed by atoms with E-state index >= 15 is 0 Å². The second-order valence-electron chi connectivity index (χ2n) is 6.49. The van der Waals surface area contributed by atoms with Crippen LogP contribution >= 0.6 is 24.0 Å². The van der Waals surface area contributed by atoms with Gasteiger partial charge in [-0.1, -0.05) is 36.4 Å². The molecule has 2 aromatic heterocycles. The molecule has 8 nitrogen and oxygen atoms in total. The topological polar surface area (TPSA) is 86.9 Å². The molecule has 0 aliphatic rings. The zero-order chi connectivity index (χ0) is 20.5. The van der Waals surface area contributed by atoms with Crippen molar-refractivity contribution in [2.75, 3.05) is 19.6 Å². The molecule has 3 rings (SSSR count). The Morgan fingerprint density at radius 1 is 1.07 bits per heavy atom. The molecule has 0 aliphatic heterocycles. The molecule has 0 atom stereocenters. The number of rotatable bonds is 8. The minimum Gasteiger partial charge on any atom is -0.357 e. The molecular formula is C21H28IN7O. The van der Waals surface area contributed by atoms with E-state index in [1.165, 1.54) is 0 Å². The zero-order valence-corrected chi connectivity index (χ0v) is 19.6. The third kappa shape index (κ3) is 6.41. The minimum absolute atomic E-state index is 0. The lowest BCUT2D eigenvalue weighted by Gasteiger charge is -2.22. The van der Waals surface area contributed by atoms with Crippen LogP contribution in [-0.4, -0.2) is 51.0 Å². The SMILES string of the molecule is CCNC(=NCc1nnc2ccccn12)NCC(=O)N(CC)Cc1ccccc1.I. The Hall–Kier alpha value is -2.69. The lowest BCUT2D eigenvalue weighted by atomic mass is 10.2. The molecule has 0 saturated carbocycles. The molecule has 0 radical (unpaired) electrons. The summed E-state index contributed by atoms with van der Waals surface area (Å²) < 4.78 is 1.90. The molecule has 0 unspecified atom stereocenters. The number of carbonyl (C=O) groups is 1. The number of aliphatic imine (C=N–C) groups is 1. The van der Waals surface area contributed by atoms with Crippen LogP contribution < -0.4 is 10.6 Å². The van der Waals surface area contributed by atoms with Crippen LogP contribution in [0.2, 0.25) is 0 Å². The molecule has 0 aliphatic carbocycles. The second-order valence-corrected chi connectivity index (χ2v) is 6.49. The summed E-state index contributed by atoms with van der Waals surface area (Å²) in [6.07, 6.45) is 1.91. The van der Waals surface area contributed by atoms with Crippen molar-refractivity contribution in [3.05, 3.63) is 66.1 Å². The third-order valence-electron chi connectivity index (χ3n) is 4.46. The van der Waals surface area contributed by atoms with E-state index in [1.807, 2.05) is 77.9 Å². The number of carbonyl (C=O) groups excluding carboxylic acids is 1. The fourth-order valence-electron chi connectivity index (χ4n) is 2.94. The third-order valence-corrected chi connectivity index (χ3v) is 4.46. The standard InChI is InChI=1S/C21H27N7O.HI/c1-3-22-21(23-14-19-26-25-18-12-8-9-13-28(18)19)24-15-20(29)27(4-2)16-17-10-6-5-7-11-17;/h5-13H,3-4,14-16H2,1-2H3,(H2,22,23,24);1H. The number of amides is 1. The number of aromatic nitrogens is 3. The Kier molecular flexibility index (Phi) is 9.52. The number of benzene rings is 1. The zero-order valence-electron chi connectivity index (χ0n) is 17.3. The Labute approximate surface area is 193 Å². The summed E-state index contributed by atoms with van der Waals surface area (Å²) in [7, 11) is 0. The smallest absolute Gasteiger partial charge is 0.242 e. The summed E-state index contributed by atoms with van der Waals surface area (Å²) in [5.74, 6) is 1.34. The predicted molar refractivity (Wildman–Crippen MR) is 129 cm³/mol. The summed E-state index contributed by atoms with van der Waals surface area (Å²) in [5.41, 5.74) is 1.90. The van der Waals surface area contributed by atoms with Gasteiger partial charge in [0.1, 0.15) is 6.54 Å². The highest BCUT2D eigenvalue weighted by molar-refractivity contribution is 14.0. The van der Waals surface area contributed by atoms with Gasteiger partial charge in [0.05, 0.1) is 6.54 Å². The van der Waals surface area contributed by atoms with Gasteiger partial charge >= 0.3 is 0 Å². The van der Waals surface area contributed by atoms with E-state index in [2.05, 4.69) is 25.8 Å². The van der Waals surface area contributed by atoms with E-state index in [4.69, 9.17) is 0 Å². The van der Waals surface area contributed by atoms with Gasteiger partial charge in [-0.15, -0.1) is 34.2 Å². The molecule has 9 heteroatoms. The van der Waals surface area contributed by atoms with Crippen molar-refractivity contribution in [2.24, 2.45) is 4.99 Å². The summed E-state index contributed by atoms with van der Waals surface area (Å²) in [5, 5.41) is 14.6. The van der Waals surface area contributed by atoms with Crippen LogP contribution in [0.3, 0.4) is 0 Å². The molecular weight excluding hydrogens is 493 g/mol. The van der Waals surface area contributed by atoms with Crippen molar-refractivity contribution in [1.29, 1.82) is 0 Å². The highest BCUT2D eigenvalue weighted by atomic mass is 127. The van der Waals surface area contributed by atoms with Gasteiger partial charge in [-0.05, 0) is 31.5 Å². The first kappa shape index (κ1) is 23.6. The summed E-state index contributed by atoms with van der Waals surface area (Å²) in [4.78, 5) is 19.0. The molecule has 2 heterocycles. The maximum Gasteiger partial charge on any atom is 0.242 e. The summed E-state index contributed by atoms with van der Waals surface area (Å²) in [6.45, 7) is 6.44.